The van der Waals surface area contributed by atoms with Gasteiger partial charge in [0.25, 0.3) is 5.91 Å². The largest absolute Gasteiger partial charge is 0.417 e. The minimum Gasteiger partial charge on any atom is -0.311 e. The summed E-state index contributed by atoms with van der Waals surface area (Å²) in [5.41, 5.74) is -2.64. The summed E-state index contributed by atoms with van der Waals surface area (Å²) < 4.78 is 39.4. The maximum atomic E-state index is 13.1. The Labute approximate surface area is 142 Å². The second-order valence-electron chi connectivity index (χ2n) is 5.67. The van der Waals surface area contributed by atoms with Gasteiger partial charge in [-0.15, -0.1) is 0 Å². The van der Waals surface area contributed by atoms with Gasteiger partial charge in [-0.2, -0.15) is 18.4 Å². The first-order valence-electron chi connectivity index (χ1n) is 6.97. The van der Waals surface area contributed by atoms with E-state index < -0.39 is 28.7 Å². The molecule has 1 fully saturated rings. The Morgan fingerprint density at radius 1 is 1.33 bits per heavy atom. The highest BCUT2D eigenvalue weighted by Crippen LogP contribution is 2.37. The molecular weight excluding hydrogens is 339 g/mol. The summed E-state index contributed by atoms with van der Waals surface area (Å²) in [4.78, 5) is 15.2. The highest BCUT2D eigenvalue weighted by atomic mass is 32.1. The van der Waals surface area contributed by atoms with E-state index in [0.717, 1.165) is 17.0 Å². The van der Waals surface area contributed by atoms with Gasteiger partial charge in [0, 0.05) is 6.20 Å². The number of nitrogens with zero attached hydrogens (tertiary/aromatic N) is 3. The molecule has 0 aliphatic carbocycles. The Hall–Kier alpha value is -2.40. The number of nitriles is 1. The van der Waals surface area contributed by atoms with Gasteiger partial charge in [-0.25, -0.2) is 0 Å². The molecule has 0 unspecified atom stereocenters. The number of thiocarbonyl (C=S) groups is 1. The smallest absolute Gasteiger partial charge is 0.311 e. The van der Waals surface area contributed by atoms with Crippen LogP contribution in [-0.4, -0.2) is 21.5 Å². The number of allylic oxidation sites excluding steroid dienone is 1. The van der Waals surface area contributed by atoms with Crippen molar-refractivity contribution in [3.8, 4) is 6.07 Å². The monoisotopic (exact) mass is 353 g/mol. The number of anilines is 1. The third-order valence-electron chi connectivity index (χ3n) is 3.71. The highest BCUT2D eigenvalue weighted by molar-refractivity contribution is 7.80. The molecule has 1 aliphatic heterocycles. The van der Waals surface area contributed by atoms with Gasteiger partial charge in [-0.3, -0.25) is 9.69 Å². The summed E-state index contributed by atoms with van der Waals surface area (Å²) in [6, 6.07) is 4.61. The van der Waals surface area contributed by atoms with Crippen molar-refractivity contribution in [2.45, 2.75) is 32.5 Å². The number of carbonyl (C=O) groups excluding carboxylic acids is 1. The van der Waals surface area contributed by atoms with Crippen LogP contribution < -0.4 is 4.90 Å². The maximum absolute atomic E-state index is 13.1. The molecule has 4 nitrogen and oxygen atoms in total. The number of hydrogen-bond acceptors (Lipinski definition) is 3. The fraction of sp³-hybridized carbons (Fsp3) is 0.312. The third-order valence-corrected chi connectivity index (χ3v) is 4.09. The van der Waals surface area contributed by atoms with E-state index in [1.807, 2.05) is 0 Å². The molecule has 0 atom stereocenters. The fourth-order valence-electron chi connectivity index (χ4n) is 2.44. The number of halogens is 3. The van der Waals surface area contributed by atoms with Crippen LogP contribution in [0.25, 0.3) is 0 Å². The molecule has 0 spiro atoms. The average Bonchev–Trinajstić information content (AvgIpc) is 2.66. The van der Waals surface area contributed by atoms with Crippen LogP contribution in [0.3, 0.4) is 0 Å². The quantitative estimate of drug-likeness (QED) is 0.759. The van der Waals surface area contributed by atoms with Crippen molar-refractivity contribution >= 4 is 28.9 Å². The minimum atomic E-state index is -4.70. The lowest BCUT2D eigenvalue weighted by atomic mass is 10.0. The zero-order valence-corrected chi connectivity index (χ0v) is 14.0. The topological polar surface area (TPSA) is 47.3 Å². The summed E-state index contributed by atoms with van der Waals surface area (Å²) in [6.07, 6.45) is -1.41. The summed E-state index contributed by atoms with van der Waals surface area (Å²) >= 11 is 5.27. The van der Waals surface area contributed by atoms with Crippen molar-refractivity contribution in [3.63, 3.8) is 0 Å². The Balaban J connectivity index is 2.59. The Kier molecular flexibility index (Phi) is 4.42. The van der Waals surface area contributed by atoms with Crippen molar-refractivity contribution < 1.29 is 18.0 Å². The van der Waals surface area contributed by atoms with Crippen LogP contribution >= 0.6 is 12.2 Å². The molecule has 24 heavy (non-hydrogen) atoms. The molecule has 1 amide bonds. The molecule has 0 saturated carbocycles. The van der Waals surface area contributed by atoms with Crippen LogP contribution in [0, 0.1) is 11.3 Å². The van der Waals surface area contributed by atoms with Crippen LogP contribution in [0.2, 0.25) is 0 Å². The summed E-state index contributed by atoms with van der Waals surface area (Å²) in [6.45, 7) is 5.02. The number of alkyl halides is 3. The first-order chi connectivity index (χ1) is 11.1. The summed E-state index contributed by atoms with van der Waals surface area (Å²) in [7, 11) is 0. The van der Waals surface area contributed by atoms with E-state index in [-0.39, 0.29) is 10.8 Å². The molecule has 1 saturated heterocycles. The molecule has 126 valence electrons. The number of benzene rings is 1. The van der Waals surface area contributed by atoms with Gasteiger partial charge in [-0.1, -0.05) is 6.08 Å². The van der Waals surface area contributed by atoms with E-state index in [4.69, 9.17) is 17.5 Å². The second-order valence-corrected chi connectivity index (χ2v) is 6.04. The lowest BCUT2D eigenvalue weighted by molar-refractivity contribution is -0.137. The third kappa shape index (κ3) is 2.76. The standard InChI is InChI=1S/C16H14F3N3OS/c1-4-7-21-14(24)22(13(23)15(21,2)3)11-6-5-10(9-20)12(8-11)16(17,18)19/h4-8H,1-3H3. The number of carbonyl (C=O) groups is 1. The van der Waals surface area contributed by atoms with Crippen LogP contribution in [0.5, 0.6) is 0 Å². The molecular formula is C16H14F3N3OS. The van der Waals surface area contributed by atoms with Crippen LogP contribution in [0.15, 0.2) is 30.5 Å². The first kappa shape index (κ1) is 17.9. The lowest BCUT2D eigenvalue weighted by Crippen LogP contribution is -2.41. The molecule has 8 heteroatoms. The van der Waals surface area contributed by atoms with Crippen molar-refractivity contribution in [1.29, 1.82) is 5.26 Å². The van der Waals surface area contributed by atoms with Crippen molar-refractivity contribution in [3.05, 3.63) is 41.6 Å². The van der Waals surface area contributed by atoms with Gasteiger partial charge in [0.15, 0.2) is 5.11 Å². The first-order valence-corrected chi connectivity index (χ1v) is 7.38. The van der Waals surface area contributed by atoms with Gasteiger partial charge in [0.2, 0.25) is 0 Å². The molecule has 1 heterocycles. The molecule has 0 radical (unpaired) electrons. The number of amides is 1. The predicted octanol–water partition coefficient (Wildman–Crippen LogP) is 3.82. The summed E-state index contributed by atoms with van der Waals surface area (Å²) in [5, 5.41) is 8.95. The van der Waals surface area contributed by atoms with E-state index in [1.54, 1.807) is 33.0 Å². The van der Waals surface area contributed by atoms with Gasteiger partial charge < -0.3 is 4.90 Å². The minimum absolute atomic E-state index is 0.0172. The highest BCUT2D eigenvalue weighted by Gasteiger charge is 2.49. The SMILES string of the molecule is CC=CN1C(=S)N(c2ccc(C#N)c(C(F)(F)F)c2)C(=O)C1(C)C. The van der Waals surface area contributed by atoms with Gasteiger partial charge in [0.05, 0.1) is 22.9 Å². The molecule has 2 rings (SSSR count). The second kappa shape index (κ2) is 5.91. The van der Waals surface area contributed by atoms with Crippen molar-refractivity contribution in [2.75, 3.05) is 4.90 Å². The Morgan fingerprint density at radius 2 is 1.96 bits per heavy atom. The predicted molar refractivity (Wildman–Crippen MR) is 87.0 cm³/mol. The number of hydrogen-bond donors (Lipinski definition) is 0. The van der Waals surface area contributed by atoms with Crippen molar-refractivity contribution in [1.82, 2.24) is 4.90 Å². The zero-order valence-electron chi connectivity index (χ0n) is 13.2. The van der Waals surface area contributed by atoms with Crippen LogP contribution in [-0.2, 0) is 11.0 Å². The molecule has 0 bridgehead atoms. The van der Waals surface area contributed by atoms with E-state index in [0.29, 0.717) is 0 Å². The van der Waals surface area contributed by atoms with Crippen LogP contribution in [0.1, 0.15) is 31.9 Å². The fourth-order valence-corrected chi connectivity index (χ4v) is 2.92. The molecule has 0 aromatic heterocycles. The van der Waals surface area contributed by atoms with Gasteiger partial charge >= 0.3 is 6.18 Å². The lowest BCUT2D eigenvalue weighted by Gasteiger charge is -2.25. The van der Waals surface area contributed by atoms with E-state index >= 15 is 0 Å². The maximum Gasteiger partial charge on any atom is 0.417 e. The van der Waals surface area contributed by atoms with E-state index in [9.17, 15) is 18.0 Å². The number of rotatable bonds is 2. The summed E-state index contributed by atoms with van der Waals surface area (Å²) in [5.74, 6) is -0.441. The molecule has 1 aromatic carbocycles. The van der Waals surface area contributed by atoms with Gasteiger partial charge in [0.1, 0.15) is 5.54 Å². The molecule has 0 N–H and O–H groups in total. The Bertz CT molecular complexity index is 778. The average molecular weight is 353 g/mol. The molecule has 1 aliphatic rings. The normalized spacial score (nSPS) is 17.7. The molecule has 1 aromatic rings. The van der Waals surface area contributed by atoms with E-state index in [1.165, 1.54) is 17.0 Å². The Morgan fingerprint density at radius 3 is 2.46 bits per heavy atom. The van der Waals surface area contributed by atoms with Crippen molar-refractivity contribution in [2.24, 2.45) is 0 Å². The van der Waals surface area contributed by atoms with Crippen LogP contribution in [0.4, 0.5) is 18.9 Å². The van der Waals surface area contributed by atoms with E-state index in [2.05, 4.69) is 0 Å². The van der Waals surface area contributed by atoms with Gasteiger partial charge in [-0.05, 0) is 51.2 Å². The zero-order chi connectivity index (χ0) is 18.3.